The summed E-state index contributed by atoms with van der Waals surface area (Å²) in [5, 5.41) is 9.45. The number of unbranched alkanes of at least 4 members (excludes halogenated alkanes) is 6. The number of hydrogen-bond acceptors (Lipinski definition) is 0. The molecule has 0 N–H and O–H groups in total. The quantitative estimate of drug-likeness (QED) is 0.0788. The van der Waals surface area contributed by atoms with E-state index in [9.17, 15) is 0 Å². The minimum atomic E-state index is 1.04. The van der Waals surface area contributed by atoms with Crippen molar-refractivity contribution < 1.29 is 0 Å². The van der Waals surface area contributed by atoms with Crippen molar-refractivity contribution in [2.75, 3.05) is 0 Å². The molecule has 0 bridgehead atoms. The molecule has 0 aromatic heterocycles. The summed E-state index contributed by atoms with van der Waals surface area (Å²) in [6, 6.07) is 44.3. The highest BCUT2D eigenvalue weighted by Gasteiger charge is 2.15. The molecule has 0 saturated carbocycles. The van der Waals surface area contributed by atoms with E-state index in [0.29, 0.717) is 0 Å². The summed E-state index contributed by atoms with van der Waals surface area (Å²) in [5.41, 5.74) is 7.00. The minimum Gasteiger partial charge on any atom is -0.0654 e. The third-order valence-electron chi connectivity index (χ3n) is 10.1. The van der Waals surface area contributed by atoms with Gasteiger partial charge in [-0.25, -0.2) is 0 Å². The van der Waals surface area contributed by atoms with Crippen molar-refractivity contribution in [3.05, 3.63) is 155 Å². The Morgan fingerprint density at radius 3 is 1.02 bits per heavy atom. The van der Waals surface area contributed by atoms with Gasteiger partial charge in [-0.1, -0.05) is 149 Å². The number of benzene rings is 7. The van der Waals surface area contributed by atoms with Crippen LogP contribution in [0.15, 0.2) is 121 Å². The van der Waals surface area contributed by atoms with E-state index in [-0.39, 0.29) is 0 Å². The molecular formula is C50H46. The Balaban J connectivity index is 1.36. The molecule has 0 heterocycles. The van der Waals surface area contributed by atoms with Gasteiger partial charge in [-0.3, -0.25) is 0 Å². The fourth-order valence-electron chi connectivity index (χ4n) is 7.16. The average molecular weight is 647 g/mol. The molecule has 0 spiro atoms. The van der Waals surface area contributed by atoms with Crippen molar-refractivity contribution in [1.82, 2.24) is 0 Å². The predicted molar refractivity (Wildman–Crippen MR) is 217 cm³/mol. The van der Waals surface area contributed by atoms with Gasteiger partial charge in [0.05, 0.1) is 0 Å². The molecule has 246 valence electrons. The van der Waals surface area contributed by atoms with E-state index in [0.717, 1.165) is 56.6 Å². The highest BCUT2D eigenvalue weighted by atomic mass is 14.2. The molecule has 0 heteroatoms. The van der Waals surface area contributed by atoms with Crippen LogP contribution in [0, 0.1) is 23.7 Å². The van der Waals surface area contributed by atoms with Gasteiger partial charge in [-0.15, -0.1) is 0 Å². The molecule has 7 rings (SSSR count). The molecule has 0 unspecified atom stereocenters. The molecule has 50 heavy (non-hydrogen) atoms. The highest BCUT2D eigenvalue weighted by Crippen LogP contribution is 2.37. The van der Waals surface area contributed by atoms with Crippen molar-refractivity contribution in [1.29, 1.82) is 0 Å². The normalized spacial score (nSPS) is 11.1. The second-order valence-electron chi connectivity index (χ2n) is 13.8. The highest BCUT2D eigenvalue weighted by molar-refractivity contribution is 6.16. The lowest BCUT2D eigenvalue weighted by atomic mass is 9.88. The average Bonchev–Trinajstić information content (AvgIpc) is 3.16. The summed E-state index contributed by atoms with van der Waals surface area (Å²) < 4.78 is 0. The van der Waals surface area contributed by atoms with Gasteiger partial charge in [0.2, 0.25) is 0 Å². The fraction of sp³-hybridized carbons (Fsp3) is 0.240. The first-order chi connectivity index (χ1) is 24.7. The van der Waals surface area contributed by atoms with Crippen molar-refractivity contribution in [3.63, 3.8) is 0 Å². The van der Waals surface area contributed by atoms with Gasteiger partial charge >= 0.3 is 0 Å². The summed E-state index contributed by atoms with van der Waals surface area (Å²) >= 11 is 0. The van der Waals surface area contributed by atoms with Gasteiger partial charge in [-0.2, -0.15) is 0 Å². The number of aryl methyl sites for hydroxylation is 2. The largest absolute Gasteiger partial charge is 0.0654 e. The second-order valence-corrected chi connectivity index (χ2v) is 13.8. The molecule has 0 nitrogen and oxygen atoms in total. The molecule has 0 radical (unpaired) electrons. The smallest absolute Gasteiger partial charge is 0.0407 e. The monoisotopic (exact) mass is 646 g/mol. The third-order valence-corrected chi connectivity index (χ3v) is 10.1. The van der Waals surface area contributed by atoms with E-state index in [1.807, 2.05) is 0 Å². The van der Waals surface area contributed by atoms with Crippen LogP contribution in [0.2, 0.25) is 0 Å². The molecule has 0 aliphatic rings. The molecule has 0 saturated heterocycles. The molecule has 0 aliphatic carbocycles. The Hall–Kier alpha value is -5.30. The molecular weight excluding hydrogens is 601 g/mol. The van der Waals surface area contributed by atoms with Gasteiger partial charge in [0, 0.05) is 22.3 Å². The maximum Gasteiger partial charge on any atom is 0.0407 e. The Labute approximate surface area is 298 Å². The number of fused-ring (bicyclic) bond motifs is 4. The van der Waals surface area contributed by atoms with Crippen LogP contribution in [-0.4, -0.2) is 0 Å². The summed E-state index contributed by atoms with van der Waals surface area (Å²) in [4.78, 5) is 0. The van der Waals surface area contributed by atoms with E-state index >= 15 is 0 Å². The number of hydrogen-bond donors (Lipinski definition) is 0. The maximum atomic E-state index is 3.69. The lowest BCUT2D eigenvalue weighted by Gasteiger charge is -2.14. The maximum absolute atomic E-state index is 3.69. The molecule has 0 fully saturated rings. The number of rotatable bonds is 10. The first-order valence-electron chi connectivity index (χ1n) is 18.7. The topological polar surface area (TPSA) is 0 Å². The van der Waals surface area contributed by atoms with Crippen LogP contribution in [-0.2, 0) is 12.8 Å². The van der Waals surface area contributed by atoms with Crippen LogP contribution in [0.3, 0.4) is 0 Å². The molecule has 0 atom stereocenters. The van der Waals surface area contributed by atoms with Gasteiger partial charge in [0.1, 0.15) is 0 Å². The van der Waals surface area contributed by atoms with Gasteiger partial charge in [0.25, 0.3) is 0 Å². The first kappa shape index (κ1) is 33.2. The van der Waals surface area contributed by atoms with Crippen LogP contribution < -0.4 is 0 Å². The van der Waals surface area contributed by atoms with E-state index < -0.39 is 0 Å². The Morgan fingerprint density at radius 2 is 0.700 bits per heavy atom. The van der Waals surface area contributed by atoms with E-state index in [2.05, 4.69) is 159 Å². The summed E-state index contributed by atoms with van der Waals surface area (Å²) in [6.07, 6.45) is 12.5. The summed E-state index contributed by atoms with van der Waals surface area (Å²) in [5.74, 6) is 14.5. The van der Waals surface area contributed by atoms with Crippen LogP contribution in [0.5, 0.6) is 0 Å². The van der Waals surface area contributed by atoms with Crippen molar-refractivity contribution in [3.8, 4) is 23.7 Å². The van der Waals surface area contributed by atoms with E-state index in [1.54, 1.807) is 0 Å². The summed E-state index contributed by atoms with van der Waals surface area (Å²) in [7, 11) is 0. The van der Waals surface area contributed by atoms with Gasteiger partial charge in [-0.05, 0) is 128 Å². The van der Waals surface area contributed by atoms with Crippen molar-refractivity contribution in [2.24, 2.45) is 0 Å². The van der Waals surface area contributed by atoms with Crippen molar-refractivity contribution >= 4 is 43.1 Å². The summed E-state index contributed by atoms with van der Waals surface area (Å²) in [6.45, 7) is 4.53. The molecule has 0 amide bonds. The van der Waals surface area contributed by atoms with Crippen molar-refractivity contribution in [2.45, 2.75) is 78.1 Å². The first-order valence-corrected chi connectivity index (χ1v) is 18.7. The van der Waals surface area contributed by atoms with Gasteiger partial charge in [0.15, 0.2) is 0 Å². The lowest BCUT2D eigenvalue weighted by Crippen LogP contribution is -1.92. The SMILES string of the molecule is CCCCCCc1ccc(C#Cc2c3cc4ccccc4cc3c(C#Cc3ccc(CCCCCC)cc3)c3cc4ccccc4cc23)cc1. The zero-order chi connectivity index (χ0) is 34.1. The minimum absolute atomic E-state index is 1.04. The Bertz CT molecular complexity index is 2120. The van der Waals surface area contributed by atoms with Gasteiger partial charge < -0.3 is 0 Å². The predicted octanol–water partition coefficient (Wildman–Crippen LogP) is 13.3. The molecule has 0 aliphatic heterocycles. The zero-order valence-electron chi connectivity index (χ0n) is 29.6. The third kappa shape index (κ3) is 7.62. The Kier molecular flexibility index (Phi) is 10.6. The van der Waals surface area contributed by atoms with E-state index in [4.69, 9.17) is 0 Å². The van der Waals surface area contributed by atoms with Crippen LogP contribution in [0.1, 0.15) is 98.6 Å². The lowest BCUT2D eigenvalue weighted by molar-refractivity contribution is 0.667. The molecule has 7 aromatic rings. The van der Waals surface area contributed by atoms with Crippen LogP contribution in [0.25, 0.3) is 43.1 Å². The van der Waals surface area contributed by atoms with Crippen LogP contribution in [0.4, 0.5) is 0 Å². The second kappa shape index (κ2) is 15.9. The Morgan fingerprint density at radius 1 is 0.360 bits per heavy atom. The van der Waals surface area contributed by atoms with Crippen LogP contribution >= 0.6 is 0 Å². The fourth-order valence-corrected chi connectivity index (χ4v) is 7.16. The molecule has 7 aromatic carbocycles. The van der Waals surface area contributed by atoms with E-state index in [1.165, 1.54) is 84.0 Å². The zero-order valence-corrected chi connectivity index (χ0v) is 29.6. The standard InChI is InChI=1S/C50H46/c1-3-5-7-9-15-37-21-25-39(26-22-37)29-31-45-47-33-41-17-11-13-19-43(41)35-49(47)46(50-36-44-20-14-12-18-42(44)34-48(45)50)32-30-40-27-23-38(24-28-40)16-10-8-6-4-2/h11-14,17-28,33-36H,3-10,15-16H2,1-2H3.